The molecule has 41 heavy (non-hydrogen) atoms. The lowest BCUT2D eigenvalue weighted by Gasteiger charge is -2.30. The fourth-order valence-corrected chi connectivity index (χ4v) is 5.13. The Morgan fingerprint density at radius 2 is 1.85 bits per heavy atom. The van der Waals surface area contributed by atoms with Gasteiger partial charge < -0.3 is 24.8 Å². The summed E-state index contributed by atoms with van der Waals surface area (Å²) in [6, 6.07) is 19.5. The number of aromatic nitrogens is 3. The Bertz CT molecular complexity index is 1620. The second-order valence-corrected chi connectivity index (χ2v) is 11.1. The zero-order valence-electron chi connectivity index (χ0n) is 23.9. The van der Waals surface area contributed by atoms with Gasteiger partial charge in [-0.2, -0.15) is 5.26 Å². The molecule has 1 amide bonds. The lowest BCUT2D eigenvalue weighted by atomic mass is 9.99. The highest BCUT2D eigenvalue weighted by Gasteiger charge is 2.33. The third-order valence-electron chi connectivity index (χ3n) is 7.87. The maximum atomic E-state index is 13.5. The maximum Gasteiger partial charge on any atom is 0.264 e. The van der Waals surface area contributed by atoms with E-state index in [-0.39, 0.29) is 17.5 Å². The molecule has 0 aliphatic carbocycles. The van der Waals surface area contributed by atoms with Gasteiger partial charge in [0.15, 0.2) is 0 Å². The lowest BCUT2D eigenvalue weighted by molar-refractivity contribution is -0.127. The van der Waals surface area contributed by atoms with Crippen LogP contribution in [0.25, 0.3) is 22.2 Å². The Morgan fingerprint density at radius 1 is 1.15 bits per heavy atom. The molecule has 1 saturated heterocycles. The molecule has 0 spiro atoms. The predicted molar refractivity (Wildman–Crippen MR) is 160 cm³/mol. The highest BCUT2D eigenvalue weighted by molar-refractivity contribution is 6.01. The SMILES string of the molecule is CN(C)C(C)(C)C=C(C#N)C(=O)N1CCC[C@@H]1Cn1cc(-c2ccc(Oc3ccccc3)cc2)c2c(N)ncnc21. The van der Waals surface area contributed by atoms with Gasteiger partial charge in [0.25, 0.3) is 5.91 Å². The molecule has 210 valence electrons. The number of carbonyl (C=O) groups excluding carboxylic acids is 1. The topological polar surface area (TPSA) is 113 Å². The fraction of sp³-hybridized carbons (Fsp3) is 0.312. The van der Waals surface area contributed by atoms with Gasteiger partial charge in [0.05, 0.1) is 11.4 Å². The quantitative estimate of drug-likeness (QED) is 0.236. The smallest absolute Gasteiger partial charge is 0.264 e. The Hall–Kier alpha value is -4.68. The van der Waals surface area contributed by atoms with Crippen molar-refractivity contribution >= 4 is 22.8 Å². The molecule has 5 rings (SSSR count). The number of nitrogens with two attached hydrogens (primary N) is 1. The van der Waals surface area contributed by atoms with Crippen LogP contribution >= 0.6 is 0 Å². The van der Waals surface area contributed by atoms with E-state index in [9.17, 15) is 10.1 Å². The maximum absolute atomic E-state index is 13.5. The van der Waals surface area contributed by atoms with Gasteiger partial charge in [-0.05, 0) is 76.7 Å². The first-order valence-corrected chi connectivity index (χ1v) is 13.7. The van der Waals surface area contributed by atoms with Gasteiger partial charge in [-0.3, -0.25) is 4.79 Å². The van der Waals surface area contributed by atoms with Crippen molar-refractivity contribution in [1.82, 2.24) is 24.3 Å². The number of benzene rings is 2. The number of hydrogen-bond donors (Lipinski definition) is 1. The number of para-hydroxylation sites is 1. The summed E-state index contributed by atoms with van der Waals surface area (Å²) in [6.45, 7) is 5.11. The minimum Gasteiger partial charge on any atom is -0.457 e. The molecule has 0 unspecified atom stereocenters. The molecule has 2 N–H and O–H groups in total. The van der Waals surface area contributed by atoms with E-state index in [1.165, 1.54) is 6.33 Å². The van der Waals surface area contributed by atoms with Gasteiger partial charge in [0.2, 0.25) is 0 Å². The monoisotopic (exact) mass is 549 g/mol. The van der Waals surface area contributed by atoms with E-state index in [1.807, 2.05) is 103 Å². The molecule has 0 radical (unpaired) electrons. The molecular weight excluding hydrogens is 514 g/mol. The predicted octanol–water partition coefficient (Wildman–Crippen LogP) is 5.25. The minimum atomic E-state index is -0.433. The van der Waals surface area contributed by atoms with Gasteiger partial charge in [-0.25, -0.2) is 9.97 Å². The Morgan fingerprint density at radius 3 is 2.54 bits per heavy atom. The minimum absolute atomic E-state index is 0.0805. The van der Waals surface area contributed by atoms with Crippen LogP contribution in [0.15, 0.2) is 78.8 Å². The number of ether oxygens (including phenoxy) is 1. The molecule has 1 aliphatic heterocycles. The van der Waals surface area contributed by atoms with Gasteiger partial charge in [-0.1, -0.05) is 30.3 Å². The molecule has 2 aromatic heterocycles. The first kappa shape index (κ1) is 27.9. The Labute approximate surface area is 240 Å². The molecule has 0 bridgehead atoms. The van der Waals surface area contributed by atoms with E-state index in [2.05, 4.69) is 16.0 Å². The molecule has 4 aromatic rings. The molecule has 2 aromatic carbocycles. The van der Waals surface area contributed by atoms with E-state index in [4.69, 9.17) is 10.5 Å². The van der Waals surface area contributed by atoms with Crippen molar-refractivity contribution < 1.29 is 9.53 Å². The molecule has 9 nitrogen and oxygen atoms in total. The van der Waals surface area contributed by atoms with Crippen molar-refractivity contribution in [1.29, 1.82) is 5.26 Å². The van der Waals surface area contributed by atoms with Crippen LogP contribution in [-0.2, 0) is 11.3 Å². The van der Waals surface area contributed by atoms with E-state index in [0.29, 0.717) is 24.6 Å². The second kappa shape index (κ2) is 11.4. The number of amides is 1. The second-order valence-electron chi connectivity index (χ2n) is 11.1. The molecule has 1 fully saturated rings. The van der Waals surface area contributed by atoms with Crippen molar-refractivity contribution in [2.24, 2.45) is 0 Å². The summed E-state index contributed by atoms with van der Waals surface area (Å²) < 4.78 is 8.01. The van der Waals surface area contributed by atoms with Crippen LogP contribution in [0.3, 0.4) is 0 Å². The largest absolute Gasteiger partial charge is 0.457 e. The molecule has 1 atom stereocenters. The normalized spacial score (nSPS) is 15.9. The van der Waals surface area contributed by atoms with Crippen molar-refractivity contribution in [3.63, 3.8) is 0 Å². The van der Waals surface area contributed by atoms with E-state index >= 15 is 0 Å². The van der Waals surface area contributed by atoms with Crippen LogP contribution in [0.4, 0.5) is 5.82 Å². The Kier molecular flexibility index (Phi) is 7.77. The fourth-order valence-electron chi connectivity index (χ4n) is 5.13. The number of likely N-dealkylation sites (tertiary alicyclic amines) is 1. The summed E-state index contributed by atoms with van der Waals surface area (Å²) in [4.78, 5) is 26.2. The highest BCUT2D eigenvalue weighted by Crippen LogP contribution is 2.35. The van der Waals surface area contributed by atoms with Gasteiger partial charge in [-0.15, -0.1) is 0 Å². The van der Waals surface area contributed by atoms with Crippen LogP contribution in [0, 0.1) is 11.3 Å². The van der Waals surface area contributed by atoms with Crippen LogP contribution in [0.5, 0.6) is 11.5 Å². The van der Waals surface area contributed by atoms with Crippen molar-refractivity contribution in [3.05, 3.63) is 78.8 Å². The summed E-state index contributed by atoms with van der Waals surface area (Å²) in [5.41, 5.74) is 8.67. The molecule has 0 saturated carbocycles. The summed E-state index contributed by atoms with van der Waals surface area (Å²) >= 11 is 0. The summed E-state index contributed by atoms with van der Waals surface area (Å²) in [5.74, 6) is 1.66. The average Bonchev–Trinajstić information content (AvgIpc) is 3.58. The van der Waals surface area contributed by atoms with Crippen molar-refractivity contribution in [2.45, 2.75) is 44.8 Å². The van der Waals surface area contributed by atoms with Crippen molar-refractivity contribution in [2.75, 3.05) is 26.4 Å². The summed E-state index contributed by atoms with van der Waals surface area (Å²) in [5, 5.41) is 10.6. The first-order chi connectivity index (χ1) is 19.7. The summed E-state index contributed by atoms with van der Waals surface area (Å²) in [6.07, 6.45) is 6.96. The van der Waals surface area contributed by atoms with E-state index < -0.39 is 5.54 Å². The standard InChI is InChI=1S/C32H35N7O2/c1-32(2,37(3)4)17-23(18-33)31(40)39-16-8-9-24(39)19-38-20-27(28-29(34)35-21-36-30(28)38)22-12-14-26(15-13-22)41-25-10-6-5-7-11-25/h5-7,10-15,17,20-21,24H,8-9,16,19H2,1-4H3,(H2,34,35,36)/t24-/m1/s1. The van der Waals surface area contributed by atoms with Gasteiger partial charge in [0, 0.05) is 30.4 Å². The number of fused-ring (bicyclic) bond motifs is 1. The number of nitriles is 1. The number of carbonyl (C=O) groups is 1. The zero-order valence-corrected chi connectivity index (χ0v) is 23.9. The third kappa shape index (κ3) is 5.79. The van der Waals surface area contributed by atoms with Crippen molar-refractivity contribution in [3.8, 4) is 28.7 Å². The van der Waals surface area contributed by atoms with E-state index in [1.54, 1.807) is 6.08 Å². The van der Waals surface area contributed by atoms with Gasteiger partial charge in [0.1, 0.15) is 40.9 Å². The molecular formula is C32H35N7O2. The summed E-state index contributed by atoms with van der Waals surface area (Å²) in [7, 11) is 3.86. The van der Waals surface area contributed by atoms with Gasteiger partial charge >= 0.3 is 0 Å². The third-order valence-corrected chi connectivity index (χ3v) is 7.87. The Balaban J connectivity index is 1.43. The van der Waals surface area contributed by atoms with E-state index in [0.717, 1.165) is 40.9 Å². The number of nitrogen functional groups attached to an aromatic ring is 1. The lowest BCUT2D eigenvalue weighted by Crippen LogP contribution is -2.41. The molecule has 1 aliphatic rings. The van der Waals surface area contributed by atoms with Crippen LogP contribution < -0.4 is 10.5 Å². The molecule has 3 heterocycles. The van der Waals surface area contributed by atoms with Crippen LogP contribution in [0.2, 0.25) is 0 Å². The first-order valence-electron chi connectivity index (χ1n) is 13.7. The number of anilines is 1. The van der Waals surface area contributed by atoms with Crippen LogP contribution in [0.1, 0.15) is 26.7 Å². The number of likely N-dealkylation sites (N-methyl/N-ethyl adjacent to an activating group) is 1. The number of hydrogen-bond acceptors (Lipinski definition) is 7. The molecule has 9 heteroatoms. The average molecular weight is 550 g/mol. The number of nitrogens with zero attached hydrogens (tertiary/aromatic N) is 6. The highest BCUT2D eigenvalue weighted by atomic mass is 16.5. The zero-order chi connectivity index (χ0) is 29.1. The number of rotatable bonds is 8. The van der Waals surface area contributed by atoms with Crippen LogP contribution in [-0.4, -0.2) is 62.5 Å².